The van der Waals surface area contributed by atoms with Crippen molar-refractivity contribution in [3.63, 3.8) is 0 Å². The number of aromatic hydroxyl groups is 1. The molecule has 0 aliphatic carbocycles. The summed E-state index contributed by atoms with van der Waals surface area (Å²) in [5.41, 5.74) is 4.30. The molecule has 7 heteroatoms. The second kappa shape index (κ2) is 13.1. The van der Waals surface area contributed by atoms with Crippen molar-refractivity contribution < 1.29 is 23.4 Å². The van der Waals surface area contributed by atoms with E-state index in [0.29, 0.717) is 39.6 Å². The summed E-state index contributed by atoms with van der Waals surface area (Å²) < 4.78 is 35.0. The van der Waals surface area contributed by atoms with Gasteiger partial charge in [-0.25, -0.2) is 4.39 Å². The minimum absolute atomic E-state index is 0.182. The molecule has 4 aromatic carbocycles. The van der Waals surface area contributed by atoms with Crippen LogP contribution in [0.5, 0.6) is 23.0 Å². The van der Waals surface area contributed by atoms with Crippen LogP contribution in [0.1, 0.15) is 69.6 Å². The fraction of sp³-hybridized carbons (Fsp3) is 0.333. The summed E-state index contributed by atoms with van der Waals surface area (Å²) in [6, 6.07) is 28.3. The monoisotopic (exact) mass is 616 g/mol. The third-order valence-corrected chi connectivity index (χ3v) is 15.8. The number of hydrogen-bond acceptors (Lipinski definition) is 5. The standard InChI is InChI=1S/C36H41FO4SSi/c1-23(2)43(24(3)4,25(5)6)41-30-18-14-28(15-19-30)35-34(27-12-16-29(38)17-13-27)40-33-21-31(20-32(37)36(33)42-35)39-22-26-10-8-7-9-11-26/h7-21,23-25,34-35,38H,22H2,1-6H3/t34-,35+/m1/s1. The van der Waals surface area contributed by atoms with E-state index in [9.17, 15) is 5.11 Å². The highest BCUT2D eigenvalue weighted by atomic mass is 32.2. The van der Waals surface area contributed by atoms with E-state index < -0.39 is 14.4 Å². The summed E-state index contributed by atoms with van der Waals surface area (Å²) >= 11 is 1.45. The van der Waals surface area contributed by atoms with Crippen LogP contribution in [0.3, 0.4) is 0 Å². The van der Waals surface area contributed by atoms with Gasteiger partial charge in [0.15, 0.2) is 0 Å². The number of benzene rings is 4. The van der Waals surface area contributed by atoms with Crippen molar-refractivity contribution in [1.29, 1.82) is 0 Å². The Bertz CT molecular complexity index is 1490. The number of phenols is 1. The molecular formula is C36H41FO4SSi. The molecule has 0 saturated heterocycles. The molecule has 1 N–H and O–H groups in total. The molecule has 1 heterocycles. The van der Waals surface area contributed by atoms with Gasteiger partial charge >= 0.3 is 0 Å². The predicted octanol–water partition coefficient (Wildman–Crippen LogP) is 10.6. The van der Waals surface area contributed by atoms with Crippen molar-refractivity contribution >= 4 is 20.1 Å². The van der Waals surface area contributed by atoms with E-state index >= 15 is 4.39 Å². The number of phenolic OH excluding ortho intramolecular Hbond substituents is 1. The van der Waals surface area contributed by atoms with Gasteiger partial charge in [0.05, 0.1) is 10.1 Å². The Hall–Kier alpha value is -3.42. The number of rotatable bonds is 10. The first-order chi connectivity index (χ1) is 20.6. The Morgan fingerprint density at radius 3 is 2.00 bits per heavy atom. The molecule has 43 heavy (non-hydrogen) atoms. The second-order valence-corrected chi connectivity index (χ2v) is 18.7. The number of hydrogen-bond donors (Lipinski definition) is 1. The van der Waals surface area contributed by atoms with Crippen LogP contribution in [0.25, 0.3) is 0 Å². The molecule has 0 amide bonds. The Labute approximate surface area is 260 Å². The summed E-state index contributed by atoms with van der Waals surface area (Å²) in [7, 11) is -2.10. The molecule has 5 rings (SSSR count). The van der Waals surface area contributed by atoms with Crippen molar-refractivity contribution in [2.45, 2.75) is 81.0 Å². The first-order valence-corrected chi connectivity index (χ1v) is 18.0. The molecule has 226 valence electrons. The minimum Gasteiger partial charge on any atom is -0.543 e. The van der Waals surface area contributed by atoms with Crippen molar-refractivity contribution in [3.8, 4) is 23.0 Å². The first kappa shape index (κ1) is 31.0. The van der Waals surface area contributed by atoms with E-state index in [1.165, 1.54) is 17.8 Å². The van der Waals surface area contributed by atoms with E-state index in [1.54, 1.807) is 18.2 Å². The predicted molar refractivity (Wildman–Crippen MR) is 175 cm³/mol. The highest BCUT2D eigenvalue weighted by Gasteiger charge is 2.47. The van der Waals surface area contributed by atoms with Crippen LogP contribution >= 0.6 is 11.8 Å². The van der Waals surface area contributed by atoms with Crippen LogP contribution in [0.4, 0.5) is 4.39 Å². The average Bonchev–Trinajstić information content (AvgIpc) is 2.99. The van der Waals surface area contributed by atoms with Gasteiger partial charge < -0.3 is 19.0 Å². The largest absolute Gasteiger partial charge is 0.543 e. The number of fused-ring (bicyclic) bond motifs is 1. The maximum Gasteiger partial charge on any atom is 0.258 e. The van der Waals surface area contributed by atoms with Gasteiger partial charge in [0.1, 0.15) is 41.5 Å². The fourth-order valence-corrected chi connectivity index (χ4v) is 12.9. The highest BCUT2D eigenvalue weighted by molar-refractivity contribution is 7.99. The van der Waals surface area contributed by atoms with E-state index in [0.717, 1.165) is 22.4 Å². The Kier molecular flexibility index (Phi) is 9.42. The maximum absolute atomic E-state index is 15.6. The van der Waals surface area contributed by atoms with Crippen LogP contribution in [0.2, 0.25) is 16.6 Å². The van der Waals surface area contributed by atoms with Gasteiger partial charge in [-0.05, 0) is 57.6 Å². The zero-order chi connectivity index (χ0) is 30.7. The summed E-state index contributed by atoms with van der Waals surface area (Å²) in [5, 5.41) is 9.72. The number of ether oxygens (including phenoxy) is 2. The lowest BCUT2D eigenvalue weighted by molar-refractivity contribution is 0.187. The van der Waals surface area contributed by atoms with Gasteiger partial charge in [-0.15, -0.1) is 11.8 Å². The molecule has 0 aromatic heterocycles. The van der Waals surface area contributed by atoms with Crippen LogP contribution in [-0.4, -0.2) is 13.4 Å². The smallest absolute Gasteiger partial charge is 0.258 e. The third kappa shape index (κ3) is 6.58. The van der Waals surface area contributed by atoms with Gasteiger partial charge in [0, 0.05) is 12.1 Å². The average molecular weight is 617 g/mol. The van der Waals surface area contributed by atoms with Gasteiger partial charge in [-0.2, -0.15) is 0 Å². The van der Waals surface area contributed by atoms with E-state index in [1.807, 2.05) is 54.6 Å². The fourth-order valence-electron chi connectivity index (χ4n) is 6.39. The lowest BCUT2D eigenvalue weighted by Crippen LogP contribution is -2.50. The van der Waals surface area contributed by atoms with Gasteiger partial charge in [-0.3, -0.25) is 0 Å². The second-order valence-electron chi connectivity index (χ2n) is 12.2. The third-order valence-electron chi connectivity index (χ3n) is 8.44. The van der Waals surface area contributed by atoms with E-state index in [2.05, 4.69) is 53.7 Å². The summed E-state index contributed by atoms with van der Waals surface area (Å²) in [5.74, 6) is 1.55. The minimum atomic E-state index is -2.10. The van der Waals surface area contributed by atoms with Crippen molar-refractivity contribution in [3.05, 3.63) is 114 Å². The SMILES string of the molecule is CC(C)[Si](Oc1ccc([C@@H]2Sc3c(F)cc(OCc4ccccc4)cc3O[C@@H]2c2ccc(O)cc2)cc1)(C(C)C)C(C)C. The lowest BCUT2D eigenvalue weighted by Gasteiger charge is -2.42. The Balaban J connectivity index is 1.45. The Morgan fingerprint density at radius 1 is 0.791 bits per heavy atom. The van der Waals surface area contributed by atoms with Gasteiger partial charge in [0.2, 0.25) is 0 Å². The Morgan fingerprint density at radius 2 is 1.40 bits per heavy atom. The molecule has 1 aliphatic rings. The molecule has 0 bridgehead atoms. The topological polar surface area (TPSA) is 47.9 Å². The maximum atomic E-state index is 15.6. The zero-order valence-corrected chi connectivity index (χ0v) is 27.5. The number of halogens is 1. The summed E-state index contributed by atoms with van der Waals surface area (Å²) in [6.45, 7) is 14.0. The zero-order valence-electron chi connectivity index (χ0n) is 25.7. The summed E-state index contributed by atoms with van der Waals surface area (Å²) in [4.78, 5) is 0.457. The lowest BCUT2D eigenvalue weighted by atomic mass is 10.00. The van der Waals surface area contributed by atoms with Gasteiger partial charge in [0.25, 0.3) is 8.32 Å². The van der Waals surface area contributed by atoms with Crippen molar-refractivity contribution in [2.75, 3.05) is 0 Å². The van der Waals surface area contributed by atoms with Crippen molar-refractivity contribution in [2.24, 2.45) is 0 Å². The highest BCUT2D eigenvalue weighted by Crippen LogP contribution is 2.55. The van der Waals surface area contributed by atoms with Crippen LogP contribution in [0.15, 0.2) is 95.9 Å². The molecule has 1 aliphatic heterocycles. The van der Waals surface area contributed by atoms with Crippen LogP contribution in [-0.2, 0) is 6.61 Å². The molecule has 0 spiro atoms. The molecule has 2 atom stereocenters. The molecule has 0 unspecified atom stereocenters. The summed E-state index contributed by atoms with van der Waals surface area (Å²) in [6.07, 6.45) is -0.413. The number of thioether (sulfide) groups is 1. The molecule has 0 saturated carbocycles. The van der Waals surface area contributed by atoms with Crippen LogP contribution in [0, 0.1) is 5.82 Å². The molecule has 0 radical (unpaired) electrons. The van der Waals surface area contributed by atoms with Gasteiger partial charge in [-0.1, -0.05) is 96.1 Å². The van der Waals surface area contributed by atoms with Crippen LogP contribution < -0.4 is 13.9 Å². The van der Waals surface area contributed by atoms with E-state index in [4.69, 9.17) is 13.9 Å². The molecule has 4 nitrogen and oxygen atoms in total. The first-order valence-electron chi connectivity index (χ1n) is 15.0. The molecular weight excluding hydrogens is 576 g/mol. The molecule has 4 aromatic rings. The van der Waals surface area contributed by atoms with Crippen molar-refractivity contribution in [1.82, 2.24) is 0 Å². The van der Waals surface area contributed by atoms with E-state index in [-0.39, 0.29) is 16.8 Å². The normalized spacial score (nSPS) is 16.7. The quantitative estimate of drug-likeness (QED) is 0.180. The molecule has 0 fully saturated rings.